The SMILES string of the molecule is Fc1ccccc1CN=C(NCCCN1CCOCC1)NCCc1ccco1.I. The van der Waals surface area contributed by atoms with Crippen LogP contribution in [0.5, 0.6) is 0 Å². The molecule has 0 saturated carbocycles. The number of morpholine rings is 1. The van der Waals surface area contributed by atoms with Gasteiger partial charge in [-0.3, -0.25) is 4.90 Å². The summed E-state index contributed by atoms with van der Waals surface area (Å²) in [5, 5.41) is 6.67. The second kappa shape index (κ2) is 13.6. The molecule has 0 atom stereocenters. The second-order valence-electron chi connectivity index (χ2n) is 6.75. The molecule has 29 heavy (non-hydrogen) atoms. The van der Waals surface area contributed by atoms with Gasteiger partial charge >= 0.3 is 0 Å². The summed E-state index contributed by atoms with van der Waals surface area (Å²) in [5.41, 5.74) is 0.586. The first-order chi connectivity index (χ1) is 13.8. The summed E-state index contributed by atoms with van der Waals surface area (Å²) >= 11 is 0. The Morgan fingerprint density at radius 1 is 1.07 bits per heavy atom. The maximum absolute atomic E-state index is 13.9. The molecule has 0 bridgehead atoms. The summed E-state index contributed by atoms with van der Waals surface area (Å²) in [7, 11) is 0. The van der Waals surface area contributed by atoms with Gasteiger partial charge in [-0.25, -0.2) is 9.38 Å². The molecular formula is C21H30FIN4O2. The zero-order chi connectivity index (χ0) is 19.4. The van der Waals surface area contributed by atoms with Crippen molar-refractivity contribution in [2.24, 2.45) is 4.99 Å². The Morgan fingerprint density at radius 3 is 2.62 bits per heavy atom. The summed E-state index contributed by atoms with van der Waals surface area (Å²) in [6.45, 7) is 6.45. The van der Waals surface area contributed by atoms with E-state index in [9.17, 15) is 4.39 Å². The summed E-state index contributed by atoms with van der Waals surface area (Å²) in [5.74, 6) is 1.39. The Bertz CT molecular complexity index is 721. The Morgan fingerprint density at radius 2 is 1.86 bits per heavy atom. The number of aliphatic imine (C=N–C) groups is 1. The van der Waals surface area contributed by atoms with Crippen LogP contribution in [0.25, 0.3) is 0 Å². The lowest BCUT2D eigenvalue weighted by Crippen LogP contribution is -2.41. The highest BCUT2D eigenvalue weighted by Gasteiger charge is 2.09. The topological polar surface area (TPSA) is 62.0 Å². The largest absolute Gasteiger partial charge is 0.469 e. The molecule has 8 heteroatoms. The van der Waals surface area contributed by atoms with Crippen LogP contribution in [0, 0.1) is 5.82 Å². The van der Waals surface area contributed by atoms with Crippen LogP contribution in [0.4, 0.5) is 4.39 Å². The summed E-state index contributed by atoms with van der Waals surface area (Å²) < 4.78 is 24.6. The highest BCUT2D eigenvalue weighted by molar-refractivity contribution is 14.0. The maximum Gasteiger partial charge on any atom is 0.191 e. The van der Waals surface area contributed by atoms with E-state index in [1.165, 1.54) is 6.07 Å². The van der Waals surface area contributed by atoms with Gasteiger partial charge in [0.2, 0.25) is 0 Å². The Hall–Kier alpha value is -1.65. The molecule has 3 rings (SSSR count). The summed E-state index contributed by atoms with van der Waals surface area (Å²) in [6, 6.07) is 10.6. The fourth-order valence-electron chi connectivity index (χ4n) is 3.06. The van der Waals surface area contributed by atoms with E-state index in [-0.39, 0.29) is 29.8 Å². The van der Waals surface area contributed by atoms with E-state index >= 15 is 0 Å². The van der Waals surface area contributed by atoms with Crippen molar-refractivity contribution in [1.29, 1.82) is 0 Å². The molecule has 1 aromatic carbocycles. The lowest BCUT2D eigenvalue weighted by Gasteiger charge is -2.26. The smallest absolute Gasteiger partial charge is 0.191 e. The van der Waals surface area contributed by atoms with E-state index in [2.05, 4.69) is 20.5 Å². The molecule has 1 aliphatic heterocycles. The van der Waals surface area contributed by atoms with Crippen LogP contribution in [-0.2, 0) is 17.7 Å². The minimum atomic E-state index is -0.228. The minimum absolute atomic E-state index is 0. The van der Waals surface area contributed by atoms with Crippen molar-refractivity contribution >= 4 is 29.9 Å². The van der Waals surface area contributed by atoms with Gasteiger partial charge in [0.25, 0.3) is 0 Å². The molecule has 6 nitrogen and oxygen atoms in total. The molecule has 1 aliphatic rings. The lowest BCUT2D eigenvalue weighted by atomic mass is 10.2. The van der Waals surface area contributed by atoms with E-state index in [1.807, 2.05) is 18.2 Å². The number of halogens is 2. The van der Waals surface area contributed by atoms with Crippen LogP contribution in [0.1, 0.15) is 17.7 Å². The molecule has 0 unspecified atom stereocenters. The van der Waals surface area contributed by atoms with Crippen LogP contribution in [0.2, 0.25) is 0 Å². The highest BCUT2D eigenvalue weighted by atomic mass is 127. The number of ether oxygens (including phenoxy) is 1. The number of benzene rings is 1. The first-order valence-electron chi connectivity index (χ1n) is 9.89. The van der Waals surface area contributed by atoms with Crippen LogP contribution < -0.4 is 10.6 Å². The van der Waals surface area contributed by atoms with Crippen molar-refractivity contribution in [3.05, 3.63) is 59.8 Å². The van der Waals surface area contributed by atoms with Crippen molar-refractivity contribution in [2.75, 3.05) is 45.9 Å². The van der Waals surface area contributed by atoms with Gasteiger partial charge < -0.3 is 19.8 Å². The van der Waals surface area contributed by atoms with E-state index in [0.29, 0.717) is 24.6 Å². The number of rotatable bonds is 9. The number of nitrogens with one attached hydrogen (secondary N) is 2. The van der Waals surface area contributed by atoms with Gasteiger partial charge in [-0.15, -0.1) is 24.0 Å². The zero-order valence-electron chi connectivity index (χ0n) is 16.6. The van der Waals surface area contributed by atoms with Crippen LogP contribution >= 0.6 is 24.0 Å². The van der Waals surface area contributed by atoms with E-state index in [1.54, 1.807) is 18.4 Å². The van der Waals surface area contributed by atoms with Gasteiger partial charge in [-0.2, -0.15) is 0 Å². The van der Waals surface area contributed by atoms with Crippen molar-refractivity contribution in [2.45, 2.75) is 19.4 Å². The fraction of sp³-hybridized carbons (Fsp3) is 0.476. The molecule has 0 spiro atoms. The first kappa shape index (κ1) is 23.6. The molecule has 2 N–H and O–H groups in total. The third-order valence-electron chi connectivity index (χ3n) is 4.66. The van der Waals surface area contributed by atoms with Gasteiger partial charge in [0.05, 0.1) is 26.0 Å². The summed E-state index contributed by atoms with van der Waals surface area (Å²) in [6.07, 6.45) is 3.45. The Balaban J connectivity index is 0.00000300. The van der Waals surface area contributed by atoms with Gasteiger partial charge in [-0.1, -0.05) is 18.2 Å². The van der Waals surface area contributed by atoms with Gasteiger partial charge in [0.1, 0.15) is 11.6 Å². The first-order valence-corrected chi connectivity index (χ1v) is 9.89. The monoisotopic (exact) mass is 516 g/mol. The quantitative estimate of drug-likeness (QED) is 0.232. The van der Waals surface area contributed by atoms with Crippen molar-refractivity contribution in [3.63, 3.8) is 0 Å². The standard InChI is InChI=1S/C21H29FN4O2.HI/c22-20-7-2-1-5-18(20)17-25-21(24-10-8-19-6-3-14-28-19)23-9-4-11-26-12-15-27-16-13-26;/h1-3,5-7,14H,4,8-13,15-17H2,(H2,23,24,25);1H. The molecule has 0 amide bonds. The number of guanidine groups is 1. The lowest BCUT2D eigenvalue weighted by molar-refractivity contribution is 0.0376. The fourth-order valence-corrected chi connectivity index (χ4v) is 3.06. The van der Waals surface area contributed by atoms with Crippen molar-refractivity contribution < 1.29 is 13.5 Å². The van der Waals surface area contributed by atoms with E-state index < -0.39 is 0 Å². The average Bonchev–Trinajstić information content (AvgIpc) is 3.24. The predicted molar refractivity (Wildman–Crippen MR) is 123 cm³/mol. The third-order valence-corrected chi connectivity index (χ3v) is 4.66. The van der Waals surface area contributed by atoms with Gasteiger partial charge in [0, 0.05) is 38.2 Å². The predicted octanol–water partition coefficient (Wildman–Crippen LogP) is 3.04. The molecule has 0 aliphatic carbocycles. The van der Waals surface area contributed by atoms with Crippen molar-refractivity contribution in [1.82, 2.24) is 15.5 Å². The molecular weight excluding hydrogens is 486 g/mol. The summed E-state index contributed by atoms with van der Waals surface area (Å²) in [4.78, 5) is 6.96. The zero-order valence-corrected chi connectivity index (χ0v) is 18.9. The van der Waals surface area contributed by atoms with Crippen LogP contribution in [0.15, 0.2) is 52.1 Å². The Kier molecular flexibility index (Phi) is 11.0. The normalized spacial score (nSPS) is 15.0. The van der Waals surface area contributed by atoms with Crippen LogP contribution in [0.3, 0.4) is 0 Å². The molecule has 2 aromatic rings. The molecule has 1 saturated heterocycles. The molecule has 0 radical (unpaired) electrons. The molecule has 160 valence electrons. The molecule has 1 aromatic heterocycles. The number of furan rings is 1. The van der Waals surface area contributed by atoms with Crippen molar-refractivity contribution in [3.8, 4) is 0 Å². The minimum Gasteiger partial charge on any atom is -0.469 e. The Labute approximate surface area is 188 Å². The highest BCUT2D eigenvalue weighted by Crippen LogP contribution is 2.07. The maximum atomic E-state index is 13.9. The third kappa shape index (κ3) is 8.71. The van der Waals surface area contributed by atoms with Gasteiger partial charge in [-0.05, 0) is 31.2 Å². The molecule has 2 heterocycles. The number of hydrogen-bond donors (Lipinski definition) is 2. The molecule has 1 fully saturated rings. The number of hydrogen-bond acceptors (Lipinski definition) is 4. The van der Waals surface area contributed by atoms with E-state index in [4.69, 9.17) is 9.15 Å². The van der Waals surface area contributed by atoms with Gasteiger partial charge in [0.15, 0.2) is 5.96 Å². The van der Waals surface area contributed by atoms with Crippen LogP contribution in [-0.4, -0.2) is 56.8 Å². The average molecular weight is 516 g/mol. The van der Waals surface area contributed by atoms with E-state index in [0.717, 1.165) is 58.0 Å². The second-order valence-corrected chi connectivity index (χ2v) is 6.75. The number of nitrogens with zero attached hydrogens (tertiary/aromatic N) is 2.